The molecule has 3 aliphatic rings. The van der Waals surface area contributed by atoms with E-state index < -0.39 is 0 Å². The minimum atomic E-state index is -0.148. The number of anilines is 1. The molecule has 8 nitrogen and oxygen atoms in total. The van der Waals surface area contributed by atoms with Gasteiger partial charge >= 0.3 is 0 Å². The van der Waals surface area contributed by atoms with Crippen LogP contribution < -0.4 is 29.2 Å². The number of thiocarbonyl (C=S) groups is 1. The Hall–Kier alpha value is -4.24. The predicted octanol–water partition coefficient (Wildman–Crippen LogP) is 5.12. The molecule has 7 rings (SSSR count). The first-order valence-electron chi connectivity index (χ1n) is 12.1. The van der Waals surface area contributed by atoms with Gasteiger partial charge in [-0.1, -0.05) is 6.07 Å². The molecule has 4 aromatic rings. The molecule has 1 N–H and O–H groups in total. The molecule has 0 saturated carbocycles. The van der Waals surface area contributed by atoms with Crippen molar-refractivity contribution >= 4 is 23.0 Å². The maximum absolute atomic E-state index is 5.91. The van der Waals surface area contributed by atoms with Crippen LogP contribution in [0.5, 0.6) is 23.0 Å². The molecule has 1 saturated heterocycles. The van der Waals surface area contributed by atoms with Crippen LogP contribution >= 0.6 is 12.2 Å². The number of pyridine rings is 1. The molecule has 2 unspecified atom stereocenters. The molecule has 0 radical (unpaired) electrons. The second kappa shape index (κ2) is 8.41. The number of hydrogen-bond donors (Lipinski definition) is 1. The lowest BCUT2D eigenvalue weighted by Crippen LogP contribution is -2.29. The van der Waals surface area contributed by atoms with Gasteiger partial charge in [0.05, 0.1) is 17.8 Å². The van der Waals surface area contributed by atoms with E-state index in [2.05, 4.69) is 45.7 Å². The van der Waals surface area contributed by atoms with E-state index in [4.69, 9.17) is 31.2 Å². The van der Waals surface area contributed by atoms with Gasteiger partial charge in [-0.15, -0.1) is 0 Å². The standard InChI is InChI=1S/C28H24N4O4S/c1-16-11-20(17(2)31(16)18-6-8-22-24(12-18)35-14-33-22)27-26(21-5-3-4-10-29-21)30-28(37)32(27)19-7-9-23-25(13-19)36-15-34-23/h3-13,26-27H,14-15H2,1-2H3,(H,30,37). The SMILES string of the molecule is Cc1cc(C2C(c3ccccn3)NC(=S)N2c2ccc3c(c2)OCO3)c(C)n1-c1ccc2c(c1)OCO2. The monoisotopic (exact) mass is 512 g/mol. The summed E-state index contributed by atoms with van der Waals surface area (Å²) in [4.78, 5) is 6.84. The Morgan fingerprint density at radius 1 is 0.838 bits per heavy atom. The molecule has 186 valence electrons. The smallest absolute Gasteiger partial charge is 0.231 e. The number of rotatable bonds is 4. The molecular weight excluding hydrogens is 488 g/mol. The van der Waals surface area contributed by atoms with Gasteiger partial charge in [-0.25, -0.2) is 0 Å². The molecule has 5 heterocycles. The van der Waals surface area contributed by atoms with Gasteiger partial charge in [-0.2, -0.15) is 0 Å². The van der Waals surface area contributed by atoms with Gasteiger partial charge in [0, 0.05) is 41.1 Å². The van der Waals surface area contributed by atoms with Crippen molar-refractivity contribution in [2.75, 3.05) is 18.5 Å². The number of nitrogens with zero attached hydrogens (tertiary/aromatic N) is 3. The Balaban J connectivity index is 1.37. The fourth-order valence-corrected chi connectivity index (χ4v) is 5.84. The number of nitrogens with one attached hydrogen (secondary N) is 1. The predicted molar refractivity (Wildman–Crippen MR) is 142 cm³/mol. The third kappa shape index (κ3) is 3.49. The molecule has 1 fully saturated rings. The van der Waals surface area contributed by atoms with Gasteiger partial charge < -0.3 is 33.7 Å². The summed E-state index contributed by atoms with van der Waals surface area (Å²) in [6.07, 6.45) is 1.82. The van der Waals surface area contributed by atoms with Gasteiger partial charge in [0.25, 0.3) is 0 Å². The van der Waals surface area contributed by atoms with Gasteiger partial charge in [0.15, 0.2) is 28.1 Å². The summed E-state index contributed by atoms with van der Waals surface area (Å²) >= 11 is 5.91. The first kappa shape index (κ1) is 22.0. The van der Waals surface area contributed by atoms with E-state index in [0.29, 0.717) is 10.9 Å². The molecule has 0 spiro atoms. The molecule has 2 aromatic heterocycles. The Kier molecular flexibility index (Phi) is 5.00. The summed E-state index contributed by atoms with van der Waals surface area (Å²) in [6, 6.07) is 19.9. The van der Waals surface area contributed by atoms with Crippen LogP contribution in [0.25, 0.3) is 5.69 Å². The van der Waals surface area contributed by atoms with E-state index in [1.807, 2.05) is 54.7 Å². The fraction of sp³-hybridized carbons (Fsp3) is 0.214. The number of aryl methyl sites for hydroxylation is 1. The first-order chi connectivity index (χ1) is 18.1. The number of fused-ring (bicyclic) bond motifs is 2. The minimum absolute atomic E-state index is 0.142. The Labute approximate surface area is 219 Å². The number of hydrogen-bond acceptors (Lipinski definition) is 6. The quantitative estimate of drug-likeness (QED) is 0.378. The lowest BCUT2D eigenvalue weighted by atomic mass is 9.96. The van der Waals surface area contributed by atoms with E-state index in [0.717, 1.165) is 51.3 Å². The van der Waals surface area contributed by atoms with Crippen molar-refractivity contribution < 1.29 is 18.9 Å². The average molecular weight is 513 g/mol. The summed E-state index contributed by atoms with van der Waals surface area (Å²) < 4.78 is 24.6. The third-order valence-corrected chi connectivity index (χ3v) is 7.45. The molecule has 0 amide bonds. The molecule has 0 bridgehead atoms. The molecule has 9 heteroatoms. The van der Waals surface area contributed by atoms with Crippen LogP contribution in [0.3, 0.4) is 0 Å². The van der Waals surface area contributed by atoms with Crippen LogP contribution in [0.4, 0.5) is 5.69 Å². The van der Waals surface area contributed by atoms with E-state index in [-0.39, 0.29) is 25.7 Å². The third-order valence-electron chi connectivity index (χ3n) is 7.14. The molecular formula is C28H24N4O4S. The molecule has 3 aliphatic heterocycles. The molecule has 0 aliphatic carbocycles. The maximum Gasteiger partial charge on any atom is 0.231 e. The van der Waals surface area contributed by atoms with Crippen molar-refractivity contribution in [2.24, 2.45) is 0 Å². The van der Waals surface area contributed by atoms with E-state index >= 15 is 0 Å². The van der Waals surface area contributed by atoms with Crippen LogP contribution in [-0.4, -0.2) is 28.2 Å². The van der Waals surface area contributed by atoms with E-state index in [1.165, 1.54) is 0 Å². The number of aromatic nitrogens is 2. The number of benzene rings is 2. The van der Waals surface area contributed by atoms with Crippen LogP contribution in [0.1, 0.15) is 34.7 Å². The van der Waals surface area contributed by atoms with Crippen molar-refractivity contribution in [2.45, 2.75) is 25.9 Å². The minimum Gasteiger partial charge on any atom is -0.454 e. The van der Waals surface area contributed by atoms with Crippen LogP contribution in [0.2, 0.25) is 0 Å². The molecule has 2 atom stereocenters. The lowest BCUT2D eigenvalue weighted by Gasteiger charge is -2.28. The Morgan fingerprint density at radius 2 is 1.51 bits per heavy atom. The van der Waals surface area contributed by atoms with E-state index in [1.54, 1.807) is 0 Å². The van der Waals surface area contributed by atoms with Crippen molar-refractivity contribution in [3.8, 4) is 28.7 Å². The Bertz CT molecular complexity index is 1540. The highest BCUT2D eigenvalue weighted by Crippen LogP contribution is 2.46. The zero-order valence-corrected chi connectivity index (χ0v) is 21.1. The van der Waals surface area contributed by atoms with Gasteiger partial charge in [0.2, 0.25) is 13.6 Å². The van der Waals surface area contributed by atoms with Gasteiger partial charge in [-0.05, 0) is 74.1 Å². The first-order valence-corrected chi connectivity index (χ1v) is 12.5. The van der Waals surface area contributed by atoms with Crippen LogP contribution in [0, 0.1) is 13.8 Å². The zero-order valence-electron chi connectivity index (χ0n) is 20.3. The second-order valence-electron chi connectivity index (χ2n) is 9.23. The average Bonchev–Trinajstić information content (AvgIpc) is 3.69. The normalized spacial score (nSPS) is 19.4. The van der Waals surface area contributed by atoms with Crippen molar-refractivity contribution in [1.29, 1.82) is 0 Å². The van der Waals surface area contributed by atoms with Crippen molar-refractivity contribution in [3.05, 3.63) is 89.5 Å². The highest BCUT2D eigenvalue weighted by Gasteiger charge is 2.42. The highest BCUT2D eigenvalue weighted by atomic mass is 32.1. The maximum atomic E-state index is 5.91. The van der Waals surface area contributed by atoms with E-state index in [9.17, 15) is 0 Å². The second-order valence-corrected chi connectivity index (χ2v) is 9.62. The van der Waals surface area contributed by atoms with Crippen molar-refractivity contribution in [1.82, 2.24) is 14.9 Å². The summed E-state index contributed by atoms with van der Waals surface area (Å²) in [5.41, 5.74) is 6.23. The van der Waals surface area contributed by atoms with Crippen LogP contribution in [0.15, 0.2) is 66.9 Å². The van der Waals surface area contributed by atoms with Gasteiger partial charge in [0.1, 0.15) is 0 Å². The summed E-state index contributed by atoms with van der Waals surface area (Å²) in [5, 5.41) is 4.17. The molecule has 2 aromatic carbocycles. The largest absolute Gasteiger partial charge is 0.454 e. The lowest BCUT2D eigenvalue weighted by molar-refractivity contribution is 0.173. The topological polar surface area (TPSA) is 70.0 Å². The molecule has 37 heavy (non-hydrogen) atoms. The number of ether oxygens (including phenoxy) is 4. The summed E-state index contributed by atoms with van der Waals surface area (Å²) in [5.74, 6) is 2.97. The highest BCUT2D eigenvalue weighted by molar-refractivity contribution is 7.80. The summed E-state index contributed by atoms with van der Waals surface area (Å²) in [7, 11) is 0. The Morgan fingerprint density at radius 3 is 2.22 bits per heavy atom. The van der Waals surface area contributed by atoms with Crippen LogP contribution in [-0.2, 0) is 0 Å². The fourth-order valence-electron chi connectivity index (χ4n) is 5.49. The summed E-state index contributed by atoms with van der Waals surface area (Å²) in [6.45, 7) is 4.72. The zero-order chi connectivity index (χ0) is 25.1. The van der Waals surface area contributed by atoms with Gasteiger partial charge in [-0.3, -0.25) is 4.98 Å². The van der Waals surface area contributed by atoms with Crippen molar-refractivity contribution in [3.63, 3.8) is 0 Å².